The van der Waals surface area contributed by atoms with Crippen molar-refractivity contribution in [2.24, 2.45) is 0 Å². The van der Waals surface area contributed by atoms with E-state index >= 15 is 0 Å². The van der Waals surface area contributed by atoms with Gasteiger partial charge in [-0.15, -0.1) is 18.3 Å². The normalized spacial score (nSPS) is 15.6. The monoisotopic (exact) mass is 443 g/mol. The van der Waals surface area contributed by atoms with Gasteiger partial charge >= 0.3 is 21.7 Å². The van der Waals surface area contributed by atoms with Crippen LogP contribution >= 0.6 is 0 Å². The number of hydrogen-bond donors (Lipinski definition) is 1. The molecule has 1 aromatic carbocycles. The Kier molecular flexibility index (Phi) is 23.0. The minimum atomic E-state index is -0.417. The first-order chi connectivity index (χ1) is 13.0. The van der Waals surface area contributed by atoms with Gasteiger partial charge in [0.25, 0.3) is 0 Å². The fraction of sp³-hybridized carbons (Fsp3) is 0.636. The van der Waals surface area contributed by atoms with Gasteiger partial charge in [0, 0.05) is 6.54 Å². The van der Waals surface area contributed by atoms with E-state index in [-0.39, 0.29) is 40.2 Å². The van der Waals surface area contributed by atoms with Gasteiger partial charge in [-0.25, -0.2) is 0 Å². The molecule has 1 aliphatic rings. The van der Waals surface area contributed by atoms with Crippen molar-refractivity contribution >= 4 is 6.08 Å². The summed E-state index contributed by atoms with van der Waals surface area (Å²) in [6.07, 6.45) is 2.28. The Balaban J connectivity index is -0.000000434. The maximum absolute atomic E-state index is 11.9. The fourth-order valence-corrected chi connectivity index (χ4v) is 2.09. The van der Waals surface area contributed by atoms with E-state index in [4.69, 9.17) is 5.11 Å². The molecule has 6 nitrogen and oxygen atoms in total. The Morgan fingerprint density at radius 2 is 1.41 bits per heavy atom. The summed E-state index contributed by atoms with van der Waals surface area (Å²) in [5, 5.41) is 49.7. The van der Waals surface area contributed by atoms with Crippen LogP contribution in [0.4, 0.5) is 0 Å². The first kappa shape index (κ1) is 32.8. The summed E-state index contributed by atoms with van der Waals surface area (Å²) >= 11 is 0. The molecule has 1 aliphatic heterocycles. The molecule has 1 heterocycles. The van der Waals surface area contributed by atoms with Crippen LogP contribution in [-0.4, -0.2) is 47.5 Å². The smallest absolute Gasteiger partial charge is 0.860 e. The van der Waals surface area contributed by atoms with Crippen LogP contribution in [0.25, 0.3) is 6.08 Å². The first-order valence-corrected chi connectivity index (χ1v) is 9.79. The Morgan fingerprint density at radius 3 is 1.79 bits per heavy atom. The van der Waals surface area contributed by atoms with Crippen LogP contribution in [0.1, 0.15) is 59.9 Å². The Morgan fingerprint density at radius 1 is 1.00 bits per heavy atom. The number of likely N-dealkylation sites (tertiary alicyclic amines) is 1. The van der Waals surface area contributed by atoms with Crippen LogP contribution in [0.3, 0.4) is 0 Å². The summed E-state index contributed by atoms with van der Waals surface area (Å²) in [6.45, 7) is 10.5. The molecule has 0 bridgehead atoms. The van der Waals surface area contributed by atoms with Crippen molar-refractivity contribution in [1.82, 2.24) is 4.90 Å². The second-order valence-corrected chi connectivity index (χ2v) is 7.21. The number of hydrogen-bond acceptors (Lipinski definition) is 6. The van der Waals surface area contributed by atoms with Gasteiger partial charge in [-0.3, -0.25) is 0 Å². The predicted molar refractivity (Wildman–Crippen MR) is 107 cm³/mol. The van der Waals surface area contributed by atoms with Gasteiger partial charge in [0.1, 0.15) is 0 Å². The number of benzene rings is 1. The van der Waals surface area contributed by atoms with Gasteiger partial charge in [0.15, 0.2) is 0 Å². The summed E-state index contributed by atoms with van der Waals surface area (Å²) in [5.41, 5.74) is 0.913. The van der Waals surface area contributed by atoms with Crippen LogP contribution in [0.15, 0.2) is 36.2 Å². The molecule has 1 N–H and O–H groups in total. The molecule has 0 spiro atoms. The molecule has 0 aliphatic carbocycles. The van der Waals surface area contributed by atoms with Gasteiger partial charge in [-0.1, -0.05) is 71.9 Å². The second kappa shape index (κ2) is 20.4. The number of rotatable bonds is 3. The quantitative estimate of drug-likeness (QED) is 0.522. The minimum absolute atomic E-state index is 0. The molecular weight excluding hydrogens is 406 g/mol. The largest absolute Gasteiger partial charge is 4.00 e. The van der Waals surface area contributed by atoms with Crippen LogP contribution in [0.2, 0.25) is 0 Å². The zero-order valence-electron chi connectivity index (χ0n) is 18.6. The van der Waals surface area contributed by atoms with Crippen LogP contribution in [0.5, 0.6) is 0 Å². The number of nitrogens with zero attached hydrogens (tertiary/aromatic N) is 1. The third-order valence-corrected chi connectivity index (χ3v) is 2.96. The Labute approximate surface area is 191 Å². The molecule has 0 aromatic heterocycles. The summed E-state index contributed by atoms with van der Waals surface area (Å²) in [5.74, 6) is 0.00255. The van der Waals surface area contributed by atoms with Crippen molar-refractivity contribution in [2.45, 2.75) is 78.7 Å². The average molecular weight is 443 g/mol. The van der Waals surface area contributed by atoms with Gasteiger partial charge < -0.3 is 30.4 Å². The first-order valence-electron chi connectivity index (χ1n) is 9.79. The molecule has 29 heavy (non-hydrogen) atoms. The van der Waals surface area contributed by atoms with Crippen molar-refractivity contribution in [3.8, 4) is 0 Å². The van der Waals surface area contributed by atoms with E-state index in [2.05, 4.69) is 0 Å². The molecule has 0 unspecified atom stereocenters. The van der Waals surface area contributed by atoms with E-state index in [0.717, 1.165) is 24.9 Å². The second-order valence-electron chi connectivity index (χ2n) is 7.21. The predicted octanol–water partition coefficient (Wildman–Crippen LogP) is 0.0648. The van der Waals surface area contributed by atoms with Crippen molar-refractivity contribution in [3.63, 3.8) is 0 Å². The Hall–Kier alpha value is -0.886. The van der Waals surface area contributed by atoms with Gasteiger partial charge in [0.2, 0.25) is 0 Å². The maximum atomic E-state index is 11.9. The Bertz CT molecular complexity index is 473. The van der Waals surface area contributed by atoms with Crippen molar-refractivity contribution < 1.29 is 47.3 Å². The summed E-state index contributed by atoms with van der Waals surface area (Å²) in [4.78, 5) is 1.76. The third-order valence-electron chi connectivity index (χ3n) is 2.96. The molecule has 2 rings (SSSR count). The molecular formula is C22H37NO5Ti. The molecule has 1 atom stereocenters. The number of aliphatic hydroxyl groups is 1. The molecule has 7 heteroatoms. The van der Waals surface area contributed by atoms with Crippen LogP contribution < -0.4 is 20.4 Å². The standard InChI is InChI=1S/C13H17NO2.3C3H7O.Ti/c15-10-12-7-4-8-14(12)13(16)9-11-5-2-1-3-6-11;3*1-3(2)4;/h1-3,5-6,9,12,15-16H,4,7-8,10H2;3*3H,1-2H3;/q;3*-1;+4/p-1/b13-9+;;;;/t12-;;;;/m0..../s1. The SMILES string of the molecule is CC(C)[O-].CC(C)[O-].CC(C)[O-].[O-]/C(=C/c1ccccc1)N1CCC[C@H]1CO.[Ti+4]. The van der Waals surface area contributed by atoms with E-state index in [1.807, 2.05) is 30.3 Å². The van der Waals surface area contributed by atoms with Crippen molar-refractivity contribution in [3.05, 3.63) is 41.8 Å². The summed E-state index contributed by atoms with van der Waals surface area (Å²) in [6, 6.07) is 9.56. The van der Waals surface area contributed by atoms with E-state index in [1.54, 1.807) is 52.5 Å². The van der Waals surface area contributed by atoms with Crippen molar-refractivity contribution in [1.29, 1.82) is 0 Å². The fourth-order valence-electron chi connectivity index (χ4n) is 2.09. The molecule has 1 fully saturated rings. The van der Waals surface area contributed by atoms with E-state index in [9.17, 15) is 20.4 Å². The average Bonchev–Trinajstić information content (AvgIpc) is 3.03. The molecule has 1 saturated heterocycles. The topological polar surface area (TPSA) is 116 Å². The van der Waals surface area contributed by atoms with E-state index < -0.39 is 18.3 Å². The summed E-state index contributed by atoms with van der Waals surface area (Å²) in [7, 11) is 0. The van der Waals surface area contributed by atoms with Gasteiger partial charge in [0.05, 0.1) is 12.6 Å². The minimum Gasteiger partial charge on any atom is -0.860 e. The molecule has 1 aromatic rings. The zero-order valence-corrected chi connectivity index (χ0v) is 20.2. The summed E-state index contributed by atoms with van der Waals surface area (Å²) < 4.78 is 0. The molecule has 0 saturated carbocycles. The zero-order chi connectivity index (χ0) is 22.1. The van der Waals surface area contributed by atoms with Gasteiger partial charge in [-0.05, 0) is 30.4 Å². The van der Waals surface area contributed by atoms with Gasteiger partial charge in [-0.2, -0.15) is 0 Å². The van der Waals surface area contributed by atoms with E-state index in [0.29, 0.717) is 0 Å². The van der Waals surface area contributed by atoms with Crippen LogP contribution in [0, 0.1) is 0 Å². The van der Waals surface area contributed by atoms with E-state index in [1.165, 1.54) is 0 Å². The van der Waals surface area contributed by atoms with Crippen LogP contribution in [-0.2, 0) is 21.7 Å². The third kappa shape index (κ3) is 23.3. The molecule has 164 valence electrons. The van der Waals surface area contributed by atoms with Crippen molar-refractivity contribution in [2.75, 3.05) is 13.2 Å². The molecule has 0 amide bonds. The number of aliphatic hydroxyl groups excluding tert-OH is 1. The maximum Gasteiger partial charge on any atom is 4.00 e. The molecule has 0 radical (unpaired) electrons.